The molecule has 0 aromatic heterocycles. The molecule has 0 unspecified atom stereocenters. The van der Waals surface area contributed by atoms with Crippen LogP contribution in [-0.4, -0.2) is 29.3 Å². The number of carbonyl (C=O) groups excluding carboxylic acids is 2. The fourth-order valence-corrected chi connectivity index (χ4v) is 1.89. The Morgan fingerprint density at radius 3 is 2.52 bits per heavy atom. The molecule has 4 nitrogen and oxygen atoms in total. The fraction of sp³-hybridized carbons (Fsp3) is 0.375. The van der Waals surface area contributed by atoms with Crippen molar-refractivity contribution >= 4 is 11.8 Å². The summed E-state index contributed by atoms with van der Waals surface area (Å²) in [6.07, 6.45) is 1.89. The minimum Gasteiger partial charge on any atom is -0.351 e. The van der Waals surface area contributed by atoms with E-state index in [9.17, 15) is 14.0 Å². The maximum Gasteiger partial charge on any atom is 0.242 e. The van der Waals surface area contributed by atoms with Gasteiger partial charge in [0.05, 0.1) is 0 Å². The number of nitrogens with one attached hydrogen (secondary N) is 1. The number of carbonyl (C=O) groups is 2. The monoisotopic (exact) mass is 292 g/mol. The lowest BCUT2D eigenvalue weighted by Crippen LogP contribution is -2.47. The summed E-state index contributed by atoms with van der Waals surface area (Å²) in [4.78, 5) is 25.5. The van der Waals surface area contributed by atoms with Crippen molar-refractivity contribution in [2.45, 2.75) is 32.9 Å². The van der Waals surface area contributed by atoms with Crippen LogP contribution in [0.2, 0.25) is 0 Å². The Hall–Kier alpha value is -2.17. The molecule has 0 fully saturated rings. The molecule has 0 aliphatic heterocycles. The SMILES string of the molecule is C=CCNC(=O)[C@@H](C)N(Cc1ccc(F)cc1)C(=O)CC. The molecule has 1 N–H and O–H groups in total. The van der Waals surface area contributed by atoms with Crippen molar-refractivity contribution in [3.05, 3.63) is 48.3 Å². The number of hydrogen-bond donors (Lipinski definition) is 1. The average Bonchev–Trinajstić information content (AvgIpc) is 2.50. The molecular formula is C16H21FN2O2. The fourth-order valence-electron chi connectivity index (χ4n) is 1.89. The number of amides is 2. The number of hydrogen-bond acceptors (Lipinski definition) is 2. The summed E-state index contributed by atoms with van der Waals surface area (Å²) >= 11 is 0. The van der Waals surface area contributed by atoms with E-state index in [1.807, 2.05) is 0 Å². The Kier molecular flexibility index (Phi) is 6.59. The maximum absolute atomic E-state index is 12.9. The Morgan fingerprint density at radius 2 is 2.00 bits per heavy atom. The van der Waals surface area contributed by atoms with Crippen molar-refractivity contribution in [1.29, 1.82) is 0 Å². The topological polar surface area (TPSA) is 49.4 Å². The third-order valence-corrected chi connectivity index (χ3v) is 3.16. The van der Waals surface area contributed by atoms with Crippen LogP contribution in [0.25, 0.3) is 0 Å². The van der Waals surface area contributed by atoms with Gasteiger partial charge in [0.25, 0.3) is 0 Å². The molecule has 1 rings (SSSR count). The van der Waals surface area contributed by atoms with Gasteiger partial charge in [0.15, 0.2) is 0 Å². The van der Waals surface area contributed by atoms with Gasteiger partial charge in [0, 0.05) is 19.5 Å². The summed E-state index contributed by atoms with van der Waals surface area (Å²) in [6, 6.07) is 5.31. The van der Waals surface area contributed by atoms with E-state index < -0.39 is 6.04 Å². The molecule has 21 heavy (non-hydrogen) atoms. The molecule has 2 amide bonds. The van der Waals surface area contributed by atoms with Gasteiger partial charge < -0.3 is 10.2 Å². The quantitative estimate of drug-likeness (QED) is 0.784. The first kappa shape index (κ1) is 16.9. The first-order chi connectivity index (χ1) is 9.99. The Morgan fingerprint density at radius 1 is 1.38 bits per heavy atom. The van der Waals surface area contributed by atoms with Crippen LogP contribution in [-0.2, 0) is 16.1 Å². The first-order valence-corrected chi connectivity index (χ1v) is 6.92. The van der Waals surface area contributed by atoms with Gasteiger partial charge in [0.2, 0.25) is 11.8 Å². The van der Waals surface area contributed by atoms with Crippen molar-refractivity contribution in [2.75, 3.05) is 6.54 Å². The van der Waals surface area contributed by atoms with Gasteiger partial charge in [-0.1, -0.05) is 25.1 Å². The van der Waals surface area contributed by atoms with Crippen LogP contribution in [0.1, 0.15) is 25.8 Å². The number of nitrogens with zero attached hydrogens (tertiary/aromatic N) is 1. The summed E-state index contributed by atoms with van der Waals surface area (Å²) in [5, 5.41) is 2.68. The van der Waals surface area contributed by atoms with E-state index in [1.165, 1.54) is 17.0 Å². The molecule has 0 saturated carbocycles. The van der Waals surface area contributed by atoms with Crippen molar-refractivity contribution in [1.82, 2.24) is 10.2 Å². The maximum atomic E-state index is 12.9. The molecular weight excluding hydrogens is 271 g/mol. The molecule has 0 bridgehead atoms. The number of rotatable bonds is 7. The molecule has 0 aliphatic rings. The third kappa shape index (κ3) is 5.02. The standard InChI is InChI=1S/C16H21FN2O2/c1-4-10-18-16(21)12(3)19(15(20)5-2)11-13-6-8-14(17)9-7-13/h4,6-9,12H,1,5,10-11H2,2-3H3,(H,18,21)/t12-/m1/s1. The van der Waals surface area contributed by atoms with Crippen molar-refractivity contribution < 1.29 is 14.0 Å². The van der Waals surface area contributed by atoms with Gasteiger partial charge >= 0.3 is 0 Å². The van der Waals surface area contributed by atoms with Crippen LogP contribution >= 0.6 is 0 Å². The van der Waals surface area contributed by atoms with E-state index in [-0.39, 0.29) is 24.2 Å². The van der Waals surface area contributed by atoms with E-state index in [0.29, 0.717) is 13.0 Å². The van der Waals surface area contributed by atoms with Crippen LogP contribution in [0.15, 0.2) is 36.9 Å². The molecule has 0 aliphatic carbocycles. The van der Waals surface area contributed by atoms with Crippen molar-refractivity contribution in [3.63, 3.8) is 0 Å². The van der Waals surface area contributed by atoms with E-state index in [2.05, 4.69) is 11.9 Å². The molecule has 0 radical (unpaired) electrons. The number of benzene rings is 1. The molecule has 1 aromatic rings. The van der Waals surface area contributed by atoms with Crippen LogP contribution in [0.5, 0.6) is 0 Å². The summed E-state index contributed by atoms with van der Waals surface area (Å²) in [7, 11) is 0. The highest BCUT2D eigenvalue weighted by molar-refractivity contribution is 5.87. The van der Waals surface area contributed by atoms with E-state index in [4.69, 9.17) is 0 Å². The van der Waals surface area contributed by atoms with Crippen LogP contribution < -0.4 is 5.32 Å². The van der Waals surface area contributed by atoms with Crippen LogP contribution in [0.3, 0.4) is 0 Å². The van der Waals surface area contributed by atoms with Crippen LogP contribution in [0.4, 0.5) is 4.39 Å². The zero-order valence-electron chi connectivity index (χ0n) is 12.4. The van der Waals surface area contributed by atoms with Gasteiger partial charge in [-0.25, -0.2) is 4.39 Å². The van der Waals surface area contributed by atoms with E-state index in [1.54, 1.807) is 32.1 Å². The summed E-state index contributed by atoms with van der Waals surface area (Å²) < 4.78 is 12.9. The lowest BCUT2D eigenvalue weighted by Gasteiger charge is -2.28. The second kappa shape index (κ2) is 8.19. The van der Waals surface area contributed by atoms with E-state index in [0.717, 1.165) is 5.56 Å². The van der Waals surface area contributed by atoms with Gasteiger partial charge in [-0.2, -0.15) is 0 Å². The zero-order chi connectivity index (χ0) is 15.8. The van der Waals surface area contributed by atoms with Crippen LogP contribution in [0, 0.1) is 5.82 Å². The highest BCUT2D eigenvalue weighted by atomic mass is 19.1. The molecule has 1 aromatic carbocycles. The Bertz CT molecular complexity index is 500. The molecule has 114 valence electrons. The highest BCUT2D eigenvalue weighted by Gasteiger charge is 2.24. The highest BCUT2D eigenvalue weighted by Crippen LogP contribution is 2.11. The van der Waals surface area contributed by atoms with Gasteiger partial charge in [-0.3, -0.25) is 9.59 Å². The van der Waals surface area contributed by atoms with E-state index >= 15 is 0 Å². The lowest BCUT2D eigenvalue weighted by atomic mass is 10.1. The minimum absolute atomic E-state index is 0.124. The second-order valence-corrected chi connectivity index (χ2v) is 4.71. The predicted molar refractivity (Wildman–Crippen MR) is 79.9 cm³/mol. The van der Waals surface area contributed by atoms with Gasteiger partial charge in [-0.15, -0.1) is 6.58 Å². The lowest BCUT2D eigenvalue weighted by molar-refractivity contribution is -0.140. The second-order valence-electron chi connectivity index (χ2n) is 4.71. The summed E-state index contributed by atoms with van der Waals surface area (Å²) in [5.74, 6) is -0.691. The van der Waals surface area contributed by atoms with Gasteiger partial charge in [0.1, 0.15) is 11.9 Å². The molecule has 5 heteroatoms. The average molecular weight is 292 g/mol. The predicted octanol–water partition coefficient (Wildman–Crippen LogP) is 2.25. The number of halogens is 1. The Balaban J connectivity index is 2.84. The smallest absolute Gasteiger partial charge is 0.242 e. The minimum atomic E-state index is -0.595. The van der Waals surface area contributed by atoms with Crippen molar-refractivity contribution in [2.24, 2.45) is 0 Å². The summed E-state index contributed by atoms with van der Waals surface area (Å²) in [6.45, 7) is 7.58. The van der Waals surface area contributed by atoms with Crippen molar-refractivity contribution in [3.8, 4) is 0 Å². The Labute approximate surface area is 124 Å². The molecule has 0 saturated heterocycles. The third-order valence-electron chi connectivity index (χ3n) is 3.16. The normalized spacial score (nSPS) is 11.6. The zero-order valence-corrected chi connectivity index (χ0v) is 12.4. The first-order valence-electron chi connectivity index (χ1n) is 6.92. The largest absolute Gasteiger partial charge is 0.351 e. The molecule has 0 heterocycles. The molecule has 1 atom stereocenters. The van der Waals surface area contributed by atoms with Gasteiger partial charge in [-0.05, 0) is 24.6 Å². The molecule has 0 spiro atoms. The summed E-state index contributed by atoms with van der Waals surface area (Å²) in [5.41, 5.74) is 0.779.